The van der Waals surface area contributed by atoms with Crippen molar-refractivity contribution >= 4 is 16.7 Å². The first-order valence-electron chi connectivity index (χ1n) is 14.0. The maximum Gasteiger partial charge on any atom is 0.227 e. The summed E-state index contributed by atoms with van der Waals surface area (Å²) < 4.78 is 7.29. The van der Waals surface area contributed by atoms with E-state index >= 15 is 0 Å². The monoisotopic (exact) mass is 531 g/mol. The van der Waals surface area contributed by atoms with E-state index in [-0.39, 0.29) is 11.9 Å². The first kappa shape index (κ1) is 25.7. The number of fused-ring (bicyclic) bond motifs is 1. The highest BCUT2D eigenvalue weighted by molar-refractivity contribution is 5.90. The van der Waals surface area contributed by atoms with Gasteiger partial charge in [0.2, 0.25) is 5.91 Å². The Morgan fingerprint density at radius 3 is 2.45 bits per heavy atom. The lowest BCUT2D eigenvalue weighted by atomic mass is 10.0. The van der Waals surface area contributed by atoms with Crippen molar-refractivity contribution in [3.05, 3.63) is 96.8 Å². The van der Waals surface area contributed by atoms with E-state index in [1.165, 1.54) is 0 Å². The topological polar surface area (TPSA) is 73.1 Å². The molecule has 0 N–H and O–H groups in total. The molecule has 0 spiro atoms. The number of carbonyl (C=O) groups excluding carboxylic acids is 1. The average molecular weight is 532 g/mol. The molecule has 0 aliphatic heterocycles. The summed E-state index contributed by atoms with van der Waals surface area (Å²) in [4.78, 5) is 25.0. The number of nitrogens with zero attached hydrogens (tertiary/aromatic N) is 5. The second-order valence-corrected chi connectivity index (χ2v) is 10.3. The van der Waals surface area contributed by atoms with Gasteiger partial charge in [-0.15, -0.1) is 0 Å². The summed E-state index contributed by atoms with van der Waals surface area (Å²) in [5, 5.41) is 7.20. The van der Waals surface area contributed by atoms with Gasteiger partial charge in [0.1, 0.15) is 5.75 Å². The molecule has 1 fully saturated rings. The van der Waals surface area contributed by atoms with Crippen LogP contribution in [0.5, 0.6) is 5.75 Å². The Labute approximate surface area is 234 Å². The minimum atomic E-state index is 0.170. The molecule has 7 heteroatoms. The number of aromatic nitrogens is 4. The molecular formula is C33H33N5O2. The zero-order valence-electron chi connectivity index (χ0n) is 22.7. The largest absolute Gasteiger partial charge is 0.497 e. The van der Waals surface area contributed by atoms with Crippen molar-refractivity contribution < 1.29 is 9.53 Å². The molecule has 3 aromatic carbocycles. The molecule has 1 amide bonds. The smallest absolute Gasteiger partial charge is 0.227 e. The van der Waals surface area contributed by atoms with Crippen LogP contribution in [0.25, 0.3) is 33.5 Å². The molecule has 2 heterocycles. The maximum atomic E-state index is 13.9. The van der Waals surface area contributed by atoms with E-state index in [4.69, 9.17) is 14.8 Å². The van der Waals surface area contributed by atoms with Crippen LogP contribution in [0.1, 0.15) is 31.2 Å². The molecule has 6 rings (SSSR count). The van der Waals surface area contributed by atoms with Crippen LogP contribution in [0.3, 0.4) is 0 Å². The minimum absolute atomic E-state index is 0.170. The summed E-state index contributed by atoms with van der Waals surface area (Å²) in [6, 6.07) is 26.4. The highest BCUT2D eigenvalue weighted by Crippen LogP contribution is 2.28. The SMILES string of the molecule is COc1ccc(-c2nc(-c3ccncc3)nn2CCN(C(=O)Cc2cccc3ccccc23)C2CCCC2)cc1. The van der Waals surface area contributed by atoms with E-state index in [0.29, 0.717) is 25.3 Å². The van der Waals surface area contributed by atoms with Gasteiger partial charge in [-0.05, 0) is 65.6 Å². The quantitative estimate of drug-likeness (QED) is 0.227. The van der Waals surface area contributed by atoms with Crippen molar-refractivity contribution in [2.45, 2.75) is 44.7 Å². The van der Waals surface area contributed by atoms with Crippen LogP contribution in [-0.2, 0) is 17.8 Å². The molecule has 202 valence electrons. The van der Waals surface area contributed by atoms with Gasteiger partial charge in [0.25, 0.3) is 0 Å². The summed E-state index contributed by atoms with van der Waals surface area (Å²) in [6.45, 7) is 1.13. The van der Waals surface area contributed by atoms with Crippen LogP contribution >= 0.6 is 0 Å². The summed E-state index contributed by atoms with van der Waals surface area (Å²) in [5.41, 5.74) is 2.93. The predicted molar refractivity (Wildman–Crippen MR) is 157 cm³/mol. The van der Waals surface area contributed by atoms with Gasteiger partial charge >= 0.3 is 0 Å². The van der Waals surface area contributed by atoms with Crippen molar-refractivity contribution in [1.29, 1.82) is 0 Å². The lowest BCUT2D eigenvalue weighted by Crippen LogP contribution is -2.42. The molecule has 40 heavy (non-hydrogen) atoms. The summed E-state index contributed by atoms with van der Waals surface area (Å²) in [6.07, 6.45) is 8.31. The zero-order valence-corrected chi connectivity index (χ0v) is 22.7. The molecule has 0 bridgehead atoms. The Bertz CT molecular complexity index is 1590. The van der Waals surface area contributed by atoms with E-state index in [1.807, 2.05) is 59.3 Å². The van der Waals surface area contributed by atoms with Crippen molar-refractivity contribution in [3.63, 3.8) is 0 Å². The van der Waals surface area contributed by atoms with Crippen LogP contribution in [0.2, 0.25) is 0 Å². The van der Waals surface area contributed by atoms with E-state index in [9.17, 15) is 4.79 Å². The molecule has 1 aliphatic rings. The van der Waals surface area contributed by atoms with Gasteiger partial charge in [-0.2, -0.15) is 5.10 Å². The fourth-order valence-electron chi connectivity index (χ4n) is 5.72. The Hall–Kier alpha value is -4.52. The van der Waals surface area contributed by atoms with E-state index < -0.39 is 0 Å². The third-order valence-corrected chi connectivity index (χ3v) is 7.82. The molecule has 5 aromatic rings. The first-order chi connectivity index (χ1) is 19.7. The highest BCUT2D eigenvalue weighted by atomic mass is 16.5. The standard InChI is InChI=1S/C33H33N5O2/c1-40-29-15-13-26(14-16-29)33-35-32(25-17-19-34-20-18-25)36-38(33)22-21-37(28-10-3-4-11-28)31(39)23-27-9-6-8-24-7-2-5-12-30(24)27/h2,5-9,12-20,28H,3-4,10-11,21-23H2,1H3. The number of benzene rings is 3. The van der Waals surface area contributed by atoms with Gasteiger partial charge in [0.15, 0.2) is 11.6 Å². The van der Waals surface area contributed by atoms with Gasteiger partial charge in [-0.3, -0.25) is 9.78 Å². The molecule has 0 unspecified atom stereocenters. The number of hydrogen-bond acceptors (Lipinski definition) is 5. The van der Waals surface area contributed by atoms with E-state index in [2.05, 4.69) is 34.1 Å². The molecule has 0 radical (unpaired) electrons. The number of pyridine rings is 1. The second kappa shape index (κ2) is 11.7. The fourth-order valence-corrected chi connectivity index (χ4v) is 5.72. The predicted octanol–water partition coefficient (Wildman–Crippen LogP) is 6.18. The van der Waals surface area contributed by atoms with E-state index in [1.54, 1.807) is 19.5 Å². The summed E-state index contributed by atoms with van der Waals surface area (Å²) in [7, 11) is 1.66. The Kier molecular flexibility index (Phi) is 7.53. The Morgan fingerprint density at radius 1 is 0.925 bits per heavy atom. The van der Waals surface area contributed by atoms with Gasteiger partial charge in [-0.1, -0.05) is 55.3 Å². The zero-order chi connectivity index (χ0) is 27.3. The molecule has 1 saturated carbocycles. The van der Waals surface area contributed by atoms with Crippen LogP contribution < -0.4 is 4.74 Å². The number of amides is 1. The average Bonchev–Trinajstić information content (AvgIpc) is 3.69. The third-order valence-electron chi connectivity index (χ3n) is 7.82. The summed E-state index contributed by atoms with van der Waals surface area (Å²) >= 11 is 0. The fraction of sp³-hybridized carbons (Fsp3) is 0.273. The van der Waals surface area contributed by atoms with Crippen LogP contribution in [-0.4, -0.2) is 50.3 Å². The van der Waals surface area contributed by atoms with Gasteiger partial charge in [0, 0.05) is 36.1 Å². The number of hydrogen-bond donors (Lipinski definition) is 0. The second-order valence-electron chi connectivity index (χ2n) is 10.3. The number of ether oxygens (including phenoxy) is 1. The normalized spacial score (nSPS) is 13.5. The minimum Gasteiger partial charge on any atom is -0.497 e. The van der Waals surface area contributed by atoms with Gasteiger partial charge in [0.05, 0.1) is 20.1 Å². The van der Waals surface area contributed by atoms with Gasteiger partial charge < -0.3 is 9.64 Å². The lowest BCUT2D eigenvalue weighted by Gasteiger charge is -2.29. The summed E-state index contributed by atoms with van der Waals surface area (Å²) in [5.74, 6) is 2.37. The molecule has 0 atom stereocenters. The molecule has 2 aromatic heterocycles. The molecule has 7 nitrogen and oxygen atoms in total. The number of rotatable bonds is 9. The Morgan fingerprint density at radius 2 is 1.68 bits per heavy atom. The number of carbonyl (C=O) groups is 1. The van der Waals surface area contributed by atoms with Crippen LogP contribution in [0.4, 0.5) is 0 Å². The van der Waals surface area contributed by atoms with Crippen molar-refractivity contribution in [2.75, 3.05) is 13.7 Å². The molecule has 0 saturated heterocycles. The van der Waals surface area contributed by atoms with Crippen molar-refractivity contribution in [2.24, 2.45) is 0 Å². The third kappa shape index (κ3) is 5.45. The van der Waals surface area contributed by atoms with Crippen molar-refractivity contribution in [3.8, 4) is 28.5 Å². The molecule has 1 aliphatic carbocycles. The first-order valence-corrected chi connectivity index (χ1v) is 14.0. The van der Waals surface area contributed by atoms with Crippen LogP contribution in [0.15, 0.2) is 91.3 Å². The van der Waals surface area contributed by atoms with Crippen molar-refractivity contribution in [1.82, 2.24) is 24.6 Å². The molecular weight excluding hydrogens is 498 g/mol. The Balaban J connectivity index is 1.29. The van der Waals surface area contributed by atoms with E-state index in [0.717, 1.165) is 64.7 Å². The lowest BCUT2D eigenvalue weighted by molar-refractivity contribution is -0.132. The van der Waals surface area contributed by atoms with Crippen LogP contribution in [0, 0.1) is 0 Å². The maximum absolute atomic E-state index is 13.9. The van der Waals surface area contributed by atoms with Gasteiger partial charge in [-0.25, -0.2) is 9.67 Å². The number of methoxy groups -OCH3 is 1. The highest BCUT2D eigenvalue weighted by Gasteiger charge is 2.27.